The molecule has 3 heterocycles. The zero-order chi connectivity index (χ0) is 53.4. The number of aromatic nitrogens is 3. The minimum absolute atomic E-state index is 0.0311. The normalized spacial score (nSPS) is 20.5. The number of para-hydroxylation sites is 1. The Bertz CT molecular complexity index is 2510. The Balaban J connectivity index is 1.48. The highest BCUT2D eigenvalue weighted by Gasteiger charge is 2.33. The largest absolute Gasteiger partial charge is 0.370 e. The number of aliphatic imine (C=N–C) groups is 1. The number of amides is 8. The van der Waals surface area contributed by atoms with Gasteiger partial charge in [0.15, 0.2) is 5.96 Å². The average Bonchev–Trinajstić information content (AvgIpc) is 4.05. The molecule has 400 valence electrons. The summed E-state index contributed by atoms with van der Waals surface area (Å²) in [7, 11) is 0. The number of unbranched alkanes of at least 4 members (excludes halogenated alkanes) is 1. The third-order valence-electron chi connectivity index (χ3n) is 12.6. The van der Waals surface area contributed by atoms with Crippen LogP contribution in [0.25, 0.3) is 10.9 Å². The molecule has 0 bridgehead atoms. The second-order valence-corrected chi connectivity index (χ2v) is 18.6. The lowest BCUT2D eigenvalue weighted by Gasteiger charge is -2.28. The number of fused-ring (bicyclic) bond motifs is 1. The van der Waals surface area contributed by atoms with Gasteiger partial charge in [0.05, 0.1) is 12.4 Å². The standard InChI is InChI=1S/C51H73N15O8/c1-3-4-17-39(61-31(2)67)47(71)63-40-20-21-44(68)56-22-11-10-19-38(46(70)64-41(45(52)69)25-33-27-58-37-18-9-8-16-36(33)37)59-29-34(15-12-23-57-51(53)54)62-49(73)42(24-32-13-6-5-7-14-32)65-50(74)43(66-48(40)72)26-35-28-55-30-60-35/h5-9,13-14,16,18,27-28,30,34,38-43,58-59H,3-4,10-12,15,17,19-26,29H2,1-2H3,(H2,52,69)(H,55,60)(H,56,68)(H,61,67)(H,62,73)(H,63,71)(H,64,70)(H,65,74)(H,66,72)(H4,53,54,57)/t34-,38-,39-,40-,41-,42+,43-/m0/s1. The van der Waals surface area contributed by atoms with E-state index in [1.165, 1.54) is 19.4 Å². The lowest BCUT2D eigenvalue weighted by Crippen LogP contribution is -2.60. The molecule has 8 amide bonds. The number of H-pyrrole nitrogens is 2. The summed E-state index contributed by atoms with van der Waals surface area (Å²) in [5.74, 6) is -4.98. The van der Waals surface area contributed by atoms with E-state index >= 15 is 0 Å². The Hall–Kier alpha value is -7.82. The lowest BCUT2D eigenvalue weighted by atomic mass is 10.0. The van der Waals surface area contributed by atoms with Crippen LogP contribution in [0.1, 0.15) is 94.9 Å². The fourth-order valence-electron chi connectivity index (χ4n) is 8.66. The SMILES string of the molecule is CCCC[C@H](NC(C)=O)C(=O)N[C@H]1CCC(=O)NCCCC[C@@H](C(=O)N[C@@H](Cc2c[nH]c3ccccc23)C(N)=O)NC[C@H](CCCN=C(N)N)NC(=O)[C@@H](Cc2ccccc2)NC(=O)[C@H](Cc2cnc[nH]2)NC1=O. The maximum absolute atomic E-state index is 14.6. The first-order valence-corrected chi connectivity index (χ1v) is 25.3. The molecule has 2 aromatic heterocycles. The summed E-state index contributed by atoms with van der Waals surface area (Å²) in [6, 6.07) is 9.04. The molecule has 16 N–H and O–H groups in total. The predicted octanol–water partition coefficient (Wildman–Crippen LogP) is -0.385. The third kappa shape index (κ3) is 19.0. The molecule has 4 aromatic rings. The smallest absolute Gasteiger partial charge is 0.243 e. The van der Waals surface area contributed by atoms with Gasteiger partial charge in [-0.25, -0.2) is 4.98 Å². The fourth-order valence-corrected chi connectivity index (χ4v) is 8.66. The van der Waals surface area contributed by atoms with Gasteiger partial charge in [-0.2, -0.15) is 0 Å². The number of nitrogens with zero attached hydrogens (tertiary/aromatic N) is 2. The average molecular weight is 1020 g/mol. The van der Waals surface area contributed by atoms with E-state index in [1.54, 1.807) is 30.5 Å². The van der Waals surface area contributed by atoms with Crippen LogP contribution in [0.15, 0.2) is 78.3 Å². The van der Waals surface area contributed by atoms with E-state index in [2.05, 4.69) is 62.5 Å². The van der Waals surface area contributed by atoms with Crippen LogP contribution in [-0.2, 0) is 57.6 Å². The molecule has 74 heavy (non-hydrogen) atoms. The van der Waals surface area contributed by atoms with Crippen molar-refractivity contribution in [3.05, 3.63) is 90.1 Å². The molecule has 7 atom stereocenters. The van der Waals surface area contributed by atoms with Crippen LogP contribution in [0.4, 0.5) is 0 Å². The number of guanidine groups is 1. The molecule has 0 unspecified atom stereocenters. The van der Waals surface area contributed by atoms with Gasteiger partial charge in [0.1, 0.15) is 30.2 Å². The van der Waals surface area contributed by atoms with Gasteiger partial charge >= 0.3 is 0 Å². The maximum atomic E-state index is 14.6. The topological polar surface area (TPSA) is 368 Å². The van der Waals surface area contributed by atoms with E-state index in [1.807, 2.05) is 37.3 Å². The Kier molecular flexibility index (Phi) is 22.9. The summed E-state index contributed by atoms with van der Waals surface area (Å²) in [6.07, 6.45) is 7.73. The molecule has 1 aliphatic heterocycles. The Morgan fingerprint density at radius 3 is 2.27 bits per heavy atom. The summed E-state index contributed by atoms with van der Waals surface area (Å²) in [5.41, 5.74) is 19.9. The van der Waals surface area contributed by atoms with Crippen LogP contribution in [0.5, 0.6) is 0 Å². The molecule has 1 saturated heterocycles. The maximum Gasteiger partial charge on any atom is 0.243 e. The number of nitrogens with two attached hydrogens (primary N) is 3. The van der Waals surface area contributed by atoms with E-state index in [0.717, 1.165) is 22.9 Å². The van der Waals surface area contributed by atoms with Gasteiger partial charge in [-0.05, 0) is 62.1 Å². The molecule has 5 rings (SSSR count). The summed E-state index contributed by atoms with van der Waals surface area (Å²) in [4.78, 5) is 124. The number of hydrogen-bond acceptors (Lipinski definition) is 11. The fraction of sp³-hybridized carbons (Fsp3) is 0.490. The monoisotopic (exact) mass is 1020 g/mol. The van der Waals surface area contributed by atoms with Gasteiger partial charge < -0.3 is 69.7 Å². The number of aromatic amines is 2. The highest BCUT2D eigenvalue weighted by atomic mass is 16.2. The third-order valence-corrected chi connectivity index (χ3v) is 12.6. The first-order chi connectivity index (χ1) is 35.6. The highest BCUT2D eigenvalue weighted by molar-refractivity contribution is 5.96. The zero-order valence-corrected chi connectivity index (χ0v) is 42.2. The number of carbonyl (C=O) groups is 8. The summed E-state index contributed by atoms with van der Waals surface area (Å²) in [5, 5.41) is 23.9. The lowest BCUT2D eigenvalue weighted by molar-refractivity contribution is -0.135. The van der Waals surface area contributed by atoms with Gasteiger partial charge in [-0.3, -0.25) is 43.3 Å². The van der Waals surface area contributed by atoms with Gasteiger partial charge in [0.25, 0.3) is 0 Å². The second-order valence-electron chi connectivity index (χ2n) is 18.6. The van der Waals surface area contributed by atoms with Crippen LogP contribution in [0.3, 0.4) is 0 Å². The summed E-state index contributed by atoms with van der Waals surface area (Å²) in [6.45, 7) is 3.68. The second kappa shape index (κ2) is 29.6. The molecule has 0 saturated carbocycles. The van der Waals surface area contributed by atoms with Crippen LogP contribution in [0.2, 0.25) is 0 Å². The molecule has 1 fully saturated rings. The van der Waals surface area contributed by atoms with Crippen molar-refractivity contribution in [1.82, 2.24) is 57.5 Å². The van der Waals surface area contributed by atoms with Crippen molar-refractivity contribution >= 4 is 64.1 Å². The number of imidazole rings is 1. The van der Waals surface area contributed by atoms with Crippen LogP contribution in [0, 0.1) is 0 Å². The molecule has 0 aliphatic carbocycles. The minimum atomic E-state index is -1.34. The van der Waals surface area contributed by atoms with E-state index in [-0.39, 0.29) is 64.1 Å². The molecular weight excluding hydrogens is 951 g/mol. The number of primary amides is 1. The first-order valence-electron chi connectivity index (χ1n) is 25.3. The summed E-state index contributed by atoms with van der Waals surface area (Å²) < 4.78 is 0. The first kappa shape index (κ1) is 57.1. The molecule has 23 nitrogen and oxygen atoms in total. The van der Waals surface area contributed by atoms with Gasteiger partial charge in [0, 0.05) is 87.3 Å². The van der Waals surface area contributed by atoms with Crippen molar-refractivity contribution in [3.63, 3.8) is 0 Å². The number of carbonyl (C=O) groups excluding carboxylic acids is 8. The molecule has 1 aliphatic rings. The van der Waals surface area contributed by atoms with E-state index in [0.29, 0.717) is 49.8 Å². The molecular formula is C51H73N15O8. The van der Waals surface area contributed by atoms with Crippen molar-refractivity contribution in [2.45, 2.75) is 140 Å². The summed E-state index contributed by atoms with van der Waals surface area (Å²) >= 11 is 0. The number of hydrogen-bond donors (Lipinski definition) is 13. The van der Waals surface area contributed by atoms with E-state index in [9.17, 15) is 38.4 Å². The van der Waals surface area contributed by atoms with Crippen LogP contribution in [-0.4, -0.2) is 130 Å². The van der Waals surface area contributed by atoms with E-state index in [4.69, 9.17) is 17.2 Å². The number of rotatable bonds is 19. The van der Waals surface area contributed by atoms with Gasteiger partial charge in [-0.15, -0.1) is 0 Å². The quantitative estimate of drug-likeness (QED) is 0.0325. The van der Waals surface area contributed by atoms with Gasteiger partial charge in [-0.1, -0.05) is 68.3 Å². The van der Waals surface area contributed by atoms with Crippen LogP contribution >= 0.6 is 0 Å². The van der Waals surface area contributed by atoms with Crippen molar-refractivity contribution in [2.24, 2.45) is 22.2 Å². The molecule has 2 aromatic carbocycles. The zero-order valence-electron chi connectivity index (χ0n) is 42.2. The Labute approximate surface area is 430 Å². The molecule has 0 spiro atoms. The minimum Gasteiger partial charge on any atom is -0.370 e. The van der Waals surface area contributed by atoms with E-state index < -0.39 is 89.6 Å². The predicted molar refractivity (Wildman–Crippen MR) is 278 cm³/mol. The highest BCUT2D eigenvalue weighted by Crippen LogP contribution is 2.20. The van der Waals surface area contributed by atoms with Gasteiger partial charge in [0.2, 0.25) is 47.3 Å². The Morgan fingerprint density at radius 1 is 0.824 bits per heavy atom. The van der Waals surface area contributed by atoms with Crippen molar-refractivity contribution in [3.8, 4) is 0 Å². The number of benzene rings is 2. The van der Waals surface area contributed by atoms with Crippen LogP contribution < -0.4 is 59.7 Å². The van der Waals surface area contributed by atoms with Crippen molar-refractivity contribution < 1.29 is 38.4 Å². The molecule has 23 heteroatoms. The molecule has 0 radical (unpaired) electrons. The van der Waals surface area contributed by atoms with Crippen molar-refractivity contribution in [1.29, 1.82) is 0 Å². The Morgan fingerprint density at radius 2 is 1.55 bits per heavy atom. The number of nitrogens with one attached hydrogen (secondary N) is 10. The van der Waals surface area contributed by atoms with Crippen molar-refractivity contribution in [2.75, 3.05) is 19.6 Å².